The molecule has 0 amide bonds. The standard InChI is InChI=1S/C16H34N2/c1-7-10-11-17-14-12-15(5,8-2)18-16(6,9-3)13(14)4/h13-14,17-18H,7-12H2,1-6H3. The van der Waals surface area contributed by atoms with Crippen molar-refractivity contribution in [3.8, 4) is 0 Å². The third-order valence-corrected chi connectivity index (χ3v) is 5.32. The van der Waals surface area contributed by atoms with Crippen molar-refractivity contribution < 1.29 is 0 Å². The van der Waals surface area contributed by atoms with Crippen molar-refractivity contribution in [2.45, 2.75) is 90.8 Å². The molecule has 108 valence electrons. The highest BCUT2D eigenvalue weighted by atomic mass is 15.1. The van der Waals surface area contributed by atoms with E-state index in [1.54, 1.807) is 0 Å². The van der Waals surface area contributed by atoms with Crippen LogP contribution in [-0.4, -0.2) is 23.7 Å². The predicted molar refractivity (Wildman–Crippen MR) is 81.0 cm³/mol. The summed E-state index contributed by atoms with van der Waals surface area (Å²) in [5, 5.41) is 7.75. The summed E-state index contributed by atoms with van der Waals surface area (Å²) in [6, 6.07) is 0.660. The zero-order valence-electron chi connectivity index (χ0n) is 13.4. The van der Waals surface area contributed by atoms with Crippen molar-refractivity contribution in [2.75, 3.05) is 6.54 Å². The van der Waals surface area contributed by atoms with Crippen LogP contribution in [0.1, 0.15) is 73.6 Å². The smallest absolute Gasteiger partial charge is 0.0196 e. The van der Waals surface area contributed by atoms with Crippen LogP contribution in [0.3, 0.4) is 0 Å². The SMILES string of the molecule is CCCCNC1CC(C)(CC)NC(C)(CC)C1C. The van der Waals surface area contributed by atoms with Gasteiger partial charge in [-0.15, -0.1) is 0 Å². The minimum atomic E-state index is 0.271. The Labute approximate surface area is 114 Å². The number of hydrogen-bond donors (Lipinski definition) is 2. The average Bonchev–Trinajstić information content (AvgIpc) is 2.35. The van der Waals surface area contributed by atoms with Crippen LogP contribution >= 0.6 is 0 Å². The molecule has 0 aromatic rings. The van der Waals surface area contributed by atoms with E-state index in [0.29, 0.717) is 17.5 Å². The van der Waals surface area contributed by atoms with Gasteiger partial charge in [0.15, 0.2) is 0 Å². The van der Waals surface area contributed by atoms with Gasteiger partial charge in [-0.2, -0.15) is 0 Å². The summed E-state index contributed by atoms with van der Waals surface area (Å²) in [5.74, 6) is 0.694. The van der Waals surface area contributed by atoms with Gasteiger partial charge in [0.1, 0.15) is 0 Å². The van der Waals surface area contributed by atoms with E-state index >= 15 is 0 Å². The summed E-state index contributed by atoms with van der Waals surface area (Å²) in [7, 11) is 0. The molecule has 2 heteroatoms. The minimum Gasteiger partial charge on any atom is -0.314 e. The molecule has 18 heavy (non-hydrogen) atoms. The first-order chi connectivity index (χ1) is 8.40. The molecule has 2 N–H and O–H groups in total. The van der Waals surface area contributed by atoms with Crippen LogP contribution in [0.2, 0.25) is 0 Å². The first-order valence-corrected chi connectivity index (χ1v) is 7.93. The number of hydrogen-bond acceptors (Lipinski definition) is 2. The monoisotopic (exact) mass is 254 g/mol. The Morgan fingerprint density at radius 3 is 2.33 bits per heavy atom. The van der Waals surface area contributed by atoms with E-state index in [0.717, 1.165) is 0 Å². The van der Waals surface area contributed by atoms with Gasteiger partial charge >= 0.3 is 0 Å². The topological polar surface area (TPSA) is 24.1 Å². The number of rotatable bonds is 6. The highest BCUT2D eigenvalue weighted by Crippen LogP contribution is 2.37. The lowest BCUT2D eigenvalue weighted by atomic mass is 9.69. The molecular weight excluding hydrogens is 220 g/mol. The second-order valence-corrected chi connectivity index (χ2v) is 6.72. The molecule has 1 heterocycles. The van der Waals surface area contributed by atoms with E-state index in [4.69, 9.17) is 0 Å². The highest BCUT2D eigenvalue weighted by molar-refractivity contribution is 5.06. The van der Waals surface area contributed by atoms with E-state index in [1.807, 2.05) is 0 Å². The lowest BCUT2D eigenvalue weighted by molar-refractivity contribution is 0.0587. The van der Waals surface area contributed by atoms with Crippen LogP contribution in [0.15, 0.2) is 0 Å². The zero-order chi connectivity index (χ0) is 13.8. The lowest BCUT2D eigenvalue weighted by Gasteiger charge is -2.53. The minimum absolute atomic E-state index is 0.271. The number of piperidine rings is 1. The van der Waals surface area contributed by atoms with E-state index in [1.165, 1.54) is 38.6 Å². The molecule has 1 saturated heterocycles. The maximum atomic E-state index is 3.94. The Hall–Kier alpha value is -0.0800. The lowest BCUT2D eigenvalue weighted by Crippen LogP contribution is -2.68. The molecule has 4 unspecified atom stereocenters. The van der Waals surface area contributed by atoms with Crippen LogP contribution in [0, 0.1) is 5.92 Å². The van der Waals surface area contributed by atoms with E-state index in [9.17, 15) is 0 Å². The molecule has 2 nitrogen and oxygen atoms in total. The molecule has 0 aliphatic carbocycles. The summed E-state index contributed by atoms with van der Waals surface area (Å²) in [6.07, 6.45) is 6.24. The maximum absolute atomic E-state index is 3.94. The Balaban J connectivity index is 2.75. The van der Waals surface area contributed by atoms with E-state index in [2.05, 4.69) is 52.2 Å². The van der Waals surface area contributed by atoms with Gasteiger partial charge < -0.3 is 10.6 Å². The zero-order valence-corrected chi connectivity index (χ0v) is 13.4. The van der Waals surface area contributed by atoms with E-state index < -0.39 is 0 Å². The summed E-state index contributed by atoms with van der Waals surface area (Å²) in [5.41, 5.74) is 0.564. The summed E-state index contributed by atoms with van der Waals surface area (Å²) < 4.78 is 0. The van der Waals surface area contributed by atoms with Gasteiger partial charge in [-0.25, -0.2) is 0 Å². The fourth-order valence-corrected chi connectivity index (χ4v) is 3.32. The molecule has 1 aliphatic heterocycles. The molecule has 0 saturated carbocycles. The van der Waals surface area contributed by atoms with Crippen molar-refractivity contribution >= 4 is 0 Å². The van der Waals surface area contributed by atoms with Gasteiger partial charge in [0.05, 0.1) is 0 Å². The number of nitrogens with one attached hydrogen (secondary N) is 2. The second kappa shape index (κ2) is 6.38. The van der Waals surface area contributed by atoms with Crippen molar-refractivity contribution in [1.29, 1.82) is 0 Å². The Kier molecular flexibility index (Phi) is 5.67. The fourth-order valence-electron chi connectivity index (χ4n) is 3.32. The molecule has 0 aromatic carbocycles. The van der Waals surface area contributed by atoms with Crippen molar-refractivity contribution in [3.63, 3.8) is 0 Å². The van der Waals surface area contributed by atoms with Crippen LogP contribution < -0.4 is 10.6 Å². The maximum Gasteiger partial charge on any atom is 0.0196 e. The largest absolute Gasteiger partial charge is 0.314 e. The van der Waals surface area contributed by atoms with Gasteiger partial charge in [0.25, 0.3) is 0 Å². The molecule has 1 aliphatic rings. The third-order valence-electron chi connectivity index (χ3n) is 5.32. The van der Waals surface area contributed by atoms with Crippen molar-refractivity contribution in [3.05, 3.63) is 0 Å². The second-order valence-electron chi connectivity index (χ2n) is 6.72. The first-order valence-electron chi connectivity index (χ1n) is 7.93. The molecule has 0 radical (unpaired) electrons. The van der Waals surface area contributed by atoms with Crippen LogP contribution in [0.4, 0.5) is 0 Å². The molecular formula is C16H34N2. The average molecular weight is 254 g/mol. The van der Waals surface area contributed by atoms with Crippen LogP contribution in [0.5, 0.6) is 0 Å². The molecule has 1 rings (SSSR count). The highest BCUT2D eigenvalue weighted by Gasteiger charge is 2.45. The Morgan fingerprint density at radius 2 is 1.83 bits per heavy atom. The van der Waals surface area contributed by atoms with Crippen LogP contribution in [-0.2, 0) is 0 Å². The molecule has 0 bridgehead atoms. The quantitative estimate of drug-likeness (QED) is 0.706. The van der Waals surface area contributed by atoms with Gasteiger partial charge in [-0.05, 0) is 52.0 Å². The van der Waals surface area contributed by atoms with Crippen molar-refractivity contribution in [1.82, 2.24) is 10.6 Å². The van der Waals surface area contributed by atoms with Crippen LogP contribution in [0.25, 0.3) is 0 Å². The fraction of sp³-hybridized carbons (Fsp3) is 1.00. The van der Waals surface area contributed by atoms with Gasteiger partial charge in [0.2, 0.25) is 0 Å². The molecule has 1 fully saturated rings. The van der Waals surface area contributed by atoms with E-state index in [-0.39, 0.29) is 5.54 Å². The van der Waals surface area contributed by atoms with Crippen molar-refractivity contribution in [2.24, 2.45) is 5.92 Å². The number of unbranched alkanes of at least 4 members (excludes halogenated alkanes) is 1. The predicted octanol–water partition coefficient (Wildman–Crippen LogP) is 3.71. The van der Waals surface area contributed by atoms with Gasteiger partial charge in [-0.3, -0.25) is 0 Å². The third kappa shape index (κ3) is 3.48. The first kappa shape index (κ1) is 16.0. The molecule has 0 spiro atoms. The normalized spacial score (nSPS) is 41.0. The molecule has 0 aromatic heterocycles. The summed E-state index contributed by atoms with van der Waals surface area (Å²) >= 11 is 0. The Morgan fingerprint density at radius 1 is 1.17 bits per heavy atom. The molecule has 4 atom stereocenters. The van der Waals surface area contributed by atoms with Gasteiger partial charge in [0, 0.05) is 17.1 Å². The Bertz CT molecular complexity index is 253. The summed E-state index contributed by atoms with van der Waals surface area (Å²) in [6.45, 7) is 15.3. The summed E-state index contributed by atoms with van der Waals surface area (Å²) in [4.78, 5) is 0. The van der Waals surface area contributed by atoms with Gasteiger partial charge in [-0.1, -0.05) is 34.1 Å².